The second-order valence-electron chi connectivity index (χ2n) is 5.37. The average Bonchev–Trinajstić information content (AvgIpc) is 2.66. The minimum atomic E-state index is -0.475. The fourth-order valence-electron chi connectivity index (χ4n) is 1.78. The lowest BCUT2D eigenvalue weighted by Crippen LogP contribution is -2.41. The second kappa shape index (κ2) is 3.72. The molecule has 0 saturated carbocycles. The Bertz CT molecular complexity index is 431. The third-order valence-electron chi connectivity index (χ3n) is 3.60. The van der Waals surface area contributed by atoms with Crippen LogP contribution in [0.5, 0.6) is 0 Å². The van der Waals surface area contributed by atoms with Crippen molar-refractivity contribution in [3.63, 3.8) is 0 Å². The lowest BCUT2D eigenvalue weighted by atomic mass is 9.79. The van der Waals surface area contributed by atoms with Gasteiger partial charge in [0.2, 0.25) is 0 Å². The van der Waals surface area contributed by atoms with Crippen molar-refractivity contribution in [2.24, 2.45) is 0 Å². The van der Waals surface area contributed by atoms with E-state index in [2.05, 4.69) is 0 Å². The van der Waals surface area contributed by atoms with Gasteiger partial charge in [0.05, 0.1) is 11.2 Å². The maximum atomic E-state index is 10.7. The van der Waals surface area contributed by atoms with Crippen LogP contribution < -0.4 is 5.46 Å². The summed E-state index contributed by atoms with van der Waals surface area (Å²) in [7, 11) is -0.475. The zero-order valence-electron chi connectivity index (χ0n) is 10.9. The summed E-state index contributed by atoms with van der Waals surface area (Å²) < 4.78 is 17.1. The molecule has 2 rings (SSSR count). The molecular weight excluding hydrogens is 219 g/mol. The van der Waals surface area contributed by atoms with Crippen LogP contribution in [0.2, 0.25) is 0 Å². The lowest BCUT2D eigenvalue weighted by Gasteiger charge is -2.32. The molecule has 2 heterocycles. The van der Waals surface area contributed by atoms with Crippen molar-refractivity contribution < 1.29 is 18.5 Å². The summed E-state index contributed by atoms with van der Waals surface area (Å²) in [5.74, 6) is 0.956. The van der Waals surface area contributed by atoms with Crippen molar-refractivity contribution in [1.29, 1.82) is 0 Å². The smallest absolute Gasteiger partial charge is 0.459 e. The Hall–Kier alpha value is -1.07. The van der Waals surface area contributed by atoms with Crippen LogP contribution in [-0.2, 0) is 9.31 Å². The van der Waals surface area contributed by atoms with E-state index in [1.54, 1.807) is 13.0 Å². The van der Waals surface area contributed by atoms with E-state index in [0.717, 1.165) is 5.46 Å². The fraction of sp³-hybridized carbons (Fsp3) is 0.583. The molecule has 0 N–H and O–H groups in total. The van der Waals surface area contributed by atoms with E-state index in [4.69, 9.17) is 13.7 Å². The standard InChI is InChI=1S/C12H17BO4/c1-8-10(6-9(7-14)15-8)13-16-11(2,3)12(4,5)17-13/h6-7H,1-5H3. The first-order valence-corrected chi connectivity index (χ1v) is 5.68. The van der Waals surface area contributed by atoms with E-state index in [0.29, 0.717) is 17.8 Å². The Kier molecular flexibility index (Phi) is 2.71. The number of rotatable bonds is 2. The van der Waals surface area contributed by atoms with Gasteiger partial charge in [0.15, 0.2) is 12.0 Å². The zero-order valence-corrected chi connectivity index (χ0v) is 10.9. The van der Waals surface area contributed by atoms with Gasteiger partial charge < -0.3 is 13.7 Å². The molecule has 5 heteroatoms. The Morgan fingerprint density at radius 1 is 1.18 bits per heavy atom. The molecule has 1 aliphatic heterocycles. The largest absolute Gasteiger partial charge is 0.498 e. The quantitative estimate of drug-likeness (QED) is 0.579. The van der Waals surface area contributed by atoms with Gasteiger partial charge in [0.1, 0.15) is 5.76 Å². The number of aldehydes is 1. The Balaban J connectivity index is 2.31. The van der Waals surface area contributed by atoms with Gasteiger partial charge in [-0.05, 0) is 40.7 Å². The summed E-state index contributed by atoms with van der Waals surface area (Å²) in [5.41, 5.74) is 0.0107. The van der Waals surface area contributed by atoms with Gasteiger partial charge in [-0.2, -0.15) is 0 Å². The molecule has 1 aromatic heterocycles. The van der Waals surface area contributed by atoms with Crippen LogP contribution >= 0.6 is 0 Å². The van der Waals surface area contributed by atoms with Crippen molar-refractivity contribution in [2.45, 2.75) is 45.8 Å². The molecule has 1 aromatic rings. The third-order valence-corrected chi connectivity index (χ3v) is 3.60. The number of aryl methyl sites for hydroxylation is 1. The number of hydrogen-bond donors (Lipinski definition) is 0. The number of furan rings is 1. The first kappa shape index (κ1) is 12.4. The topological polar surface area (TPSA) is 48.7 Å². The Morgan fingerprint density at radius 3 is 2.12 bits per heavy atom. The number of carbonyl (C=O) groups excluding carboxylic acids is 1. The molecule has 0 aliphatic carbocycles. The van der Waals surface area contributed by atoms with E-state index in [1.807, 2.05) is 27.7 Å². The Morgan fingerprint density at radius 2 is 1.71 bits per heavy atom. The first-order valence-electron chi connectivity index (χ1n) is 5.68. The highest BCUT2D eigenvalue weighted by Crippen LogP contribution is 2.36. The maximum Gasteiger partial charge on any atom is 0.498 e. The Labute approximate surface area is 101 Å². The minimum Gasteiger partial charge on any atom is -0.459 e. The molecular formula is C12H17BO4. The highest BCUT2D eigenvalue weighted by molar-refractivity contribution is 6.62. The van der Waals surface area contributed by atoms with Crippen LogP contribution in [0.1, 0.15) is 44.0 Å². The van der Waals surface area contributed by atoms with Crippen LogP contribution in [0.25, 0.3) is 0 Å². The third kappa shape index (κ3) is 1.94. The van der Waals surface area contributed by atoms with Crippen molar-refractivity contribution in [3.8, 4) is 0 Å². The van der Waals surface area contributed by atoms with Crippen molar-refractivity contribution in [3.05, 3.63) is 17.6 Å². The van der Waals surface area contributed by atoms with Gasteiger partial charge >= 0.3 is 7.12 Å². The predicted octanol–water partition coefficient (Wildman–Crippen LogP) is 1.70. The molecule has 0 bridgehead atoms. The van der Waals surface area contributed by atoms with Crippen LogP contribution in [0.3, 0.4) is 0 Å². The summed E-state index contributed by atoms with van der Waals surface area (Å²) in [5, 5.41) is 0. The van der Waals surface area contributed by atoms with E-state index < -0.39 is 7.12 Å². The summed E-state index contributed by atoms with van der Waals surface area (Å²) in [6.07, 6.45) is 0.682. The molecule has 0 unspecified atom stereocenters. The molecule has 1 fully saturated rings. The van der Waals surface area contributed by atoms with E-state index in [9.17, 15) is 4.79 Å². The SMILES string of the molecule is Cc1oc(C=O)cc1B1OC(C)(C)C(C)(C)O1. The summed E-state index contributed by atoms with van der Waals surface area (Å²) in [6, 6.07) is 1.67. The highest BCUT2D eigenvalue weighted by Gasteiger charge is 2.52. The highest BCUT2D eigenvalue weighted by atomic mass is 16.7. The molecule has 1 aliphatic rings. The van der Waals surface area contributed by atoms with E-state index in [-0.39, 0.29) is 11.2 Å². The van der Waals surface area contributed by atoms with Crippen LogP contribution in [0, 0.1) is 6.92 Å². The van der Waals surface area contributed by atoms with Crippen LogP contribution in [0.15, 0.2) is 10.5 Å². The van der Waals surface area contributed by atoms with Crippen LogP contribution in [-0.4, -0.2) is 24.6 Å². The molecule has 0 amide bonds. The monoisotopic (exact) mass is 236 g/mol. The summed E-state index contributed by atoms with van der Waals surface area (Å²) >= 11 is 0. The minimum absolute atomic E-state index is 0.298. The molecule has 0 atom stereocenters. The molecule has 17 heavy (non-hydrogen) atoms. The zero-order chi connectivity index (χ0) is 12.8. The van der Waals surface area contributed by atoms with Gasteiger partial charge in [-0.1, -0.05) is 0 Å². The van der Waals surface area contributed by atoms with Gasteiger partial charge in [0.25, 0.3) is 0 Å². The second-order valence-corrected chi connectivity index (χ2v) is 5.37. The van der Waals surface area contributed by atoms with Crippen molar-refractivity contribution in [2.75, 3.05) is 0 Å². The molecule has 92 valence electrons. The summed E-state index contributed by atoms with van der Waals surface area (Å²) in [6.45, 7) is 9.76. The normalized spacial score (nSPS) is 21.8. The van der Waals surface area contributed by atoms with E-state index >= 15 is 0 Å². The van der Waals surface area contributed by atoms with Gasteiger partial charge in [-0.25, -0.2) is 0 Å². The molecule has 0 spiro atoms. The number of hydrogen-bond acceptors (Lipinski definition) is 4. The van der Waals surface area contributed by atoms with Crippen molar-refractivity contribution in [1.82, 2.24) is 0 Å². The fourth-order valence-corrected chi connectivity index (χ4v) is 1.78. The number of carbonyl (C=O) groups is 1. The predicted molar refractivity (Wildman–Crippen MR) is 64.5 cm³/mol. The van der Waals surface area contributed by atoms with E-state index in [1.165, 1.54) is 0 Å². The molecule has 0 radical (unpaired) electrons. The van der Waals surface area contributed by atoms with Gasteiger partial charge in [-0.3, -0.25) is 4.79 Å². The molecule has 4 nitrogen and oxygen atoms in total. The van der Waals surface area contributed by atoms with Crippen molar-refractivity contribution >= 4 is 18.9 Å². The molecule has 1 saturated heterocycles. The van der Waals surface area contributed by atoms with Crippen LogP contribution in [0.4, 0.5) is 0 Å². The van der Waals surface area contributed by atoms with Gasteiger partial charge in [-0.15, -0.1) is 0 Å². The maximum absolute atomic E-state index is 10.7. The average molecular weight is 236 g/mol. The van der Waals surface area contributed by atoms with Gasteiger partial charge in [0, 0.05) is 5.46 Å². The molecule has 0 aromatic carbocycles. The first-order chi connectivity index (χ1) is 7.77. The summed E-state index contributed by atoms with van der Waals surface area (Å²) in [4.78, 5) is 10.7. The lowest BCUT2D eigenvalue weighted by molar-refractivity contribution is 0.00578.